The predicted molar refractivity (Wildman–Crippen MR) is 133 cm³/mol. The zero-order valence-corrected chi connectivity index (χ0v) is 19.2. The molecule has 4 aromatic heterocycles. The van der Waals surface area contributed by atoms with E-state index in [9.17, 15) is 5.11 Å². The van der Waals surface area contributed by atoms with Gasteiger partial charge in [0.25, 0.3) is 0 Å². The van der Waals surface area contributed by atoms with Crippen LogP contribution in [0.15, 0.2) is 73.4 Å². The van der Waals surface area contributed by atoms with E-state index >= 15 is 0 Å². The fourth-order valence-corrected chi connectivity index (χ4v) is 4.53. The van der Waals surface area contributed by atoms with Crippen molar-refractivity contribution in [3.05, 3.63) is 73.4 Å². The number of benzene rings is 1. The van der Waals surface area contributed by atoms with Gasteiger partial charge in [-0.15, -0.1) is 0 Å². The van der Waals surface area contributed by atoms with Crippen molar-refractivity contribution in [1.29, 1.82) is 0 Å². The molecule has 0 atom stereocenters. The number of hydrogen-bond acceptors (Lipinski definition) is 7. The maximum absolute atomic E-state index is 9.84. The zero-order chi connectivity index (χ0) is 23.6. The van der Waals surface area contributed by atoms with Crippen LogP contribution in [0.3, 0.4) is 0 Å². The van der Waals surface area contributed by atoms with E-state index in [-0.39, 0.29) is 6.61 Å². The SMILES string of the molecule is OCCn1cc(-c2cccc(-n3cccn3)c2)c2nc(N3CCOCC3)nc(-c3ccncc3)c21. The predicted octanol–water partition coefficient (Wildman–Crippen LogP) is 3.17. The number of anilines is 1. The lowest BCUT2D eigenvalue weighted by atomic mass is 10.1. The van der Waals surface area contributed by atoms with Crippen molar-refractivity contribution >= 4 is 17.0 Å². The highest BCUT2D eigenvalue weighted by atomic mass is 16.5. The minimum Gasteiger partial charge on any atom is -0.395 e. The maximum Gasteiger partial charge on any atom is 0.226 e. The highest BCUT2D eigenvalue weighted by Gasteiger charge is 2.22. The number of rotatable bonds is 6. The Bertz CT molecular complexity index is 1440. The summed E-state index contributed by atoms with van der Waals surface area (Å²) < 4.78 is 9.44. The molecular weight excluding hydrogens is 442 g/mol. The number of pyridine rings is 1. The first-order valence-electron chi connectivity index (χ1n) is 11.7. The summed E-state index contributed by atoms with van der Waals surface area (Å²) >= 11 is 0. The molecule has 0 bridgehead atoms. The molecule has 1 aliphatic rings. The van der Waals surface area contributed by atoms with E-state index in [1.807, 2.05) is 45.8 Å². The number of morpholine rings is 1. The normalized spacial score (nSPS) is 14.0. The molecule has 1 N–H and O–H groups in total. The van der Waals surface area contributed by atoms with Crippen LogP contribution >= 0.6 is 0 Å². The second kappa shape index (κ2) is 9.28. The highest BCUT2D eigenvalue weighted by Crippen LogP contribution is 2.36. The Balaban J connectivity index is 1.60. The Kier molecular flexibility index (Phi) is 5.69. The summed E-state index contributed by atoms with van der Waals surface area (Å²) in [4.78, 5) is 16.4. The van der Waals surface area contributed by atoms with Gasteiger partial charge in [-0.3, -0.25) is 4.98 Å². The number of nitrogens with zero attached hydrogens (tertiary/aromatic N) is 7. The van der Waals surface area contributed by atoms with Crippen molar-refractivity contribution in [2.24, 2.45) is 0 Å². The highest BCUT2D eigenvalue weighted by molar-refractivity contribution is 6.00. The number of aromatic nitrogens is 6. The Labute approximate surface area is 202 Å². The molecule has 35 heavy (non-hydrogen) atoms. The smallest absolute Gasteiger partial charge is 0.226 e. The van der Waals surface area contributed by atoms with Crippen LogP contribution in [0.4, 0.5) is 5.95 Å². The van der Waals surface area contributed by atoms with E-state index in [0.717, 1.165) is 52.2 Å². The molecule has 0 radical (unpaired) electrons. The summed E-state index contributed by atoms with van der Waals surface area (Å²) in [5, 5.41) is 14.2. The van der Waals surface area contributed by atoms with Gasteiger partial charge in [0.1, 0.15) is 11.2 Å². The van der Waals surface area contributed by atoms with E-state index < -0.39 is 0 Å². The Hall–Kier alpha value is -4.08. The molecular formula is C26H25N7O2. The van der Waals surface area contributed by atoms with Gasteiger partial charge in [0, 0.05) is 61.7 Å². The molecule has 0 aliphatic carbocycles. The number of hydrogen-bond donors (Lipinski definition) is 1. The molecule has 0 amide bonds. The average molecular weight is 468 g/mol. The van der Waals surface area contributed by atoms with Gasteiger partial charge in [-0.1, -0.05) is 12.1 Å². The van der Waals surface area contributed by atoms with Gasteiger partial charge in [0.05, 0.1) is 31.0 Å². The number of fused-ring (bicyclic) bond motifs is 1. The van der Waals surface area contributed by atoms with Gasteiger partial charge in [0.15, 0.2) is 0 Å². The van der Waals surface area contributed by atoms with Crippen LogP contribution in [-0.4, -0.2) is 67.3 Å². The van der Waals surface area contributed by atoms with Crippen LogP contribution in [0.25, 0.3) is 39.1 Å². The minimum atomic E-state index is 0.0115. The lowest BCUT2D eigenvalue weighted by Crippen LogP contribution is -2.37. The molecule has 0 unspecified atom stereocenters. The Morgan fingerprint density at radius 3 is 2.57 bits per heavy atom. The molecule has 5 heterocycles. The van der Waals surface area contributed by atoms with Crippen LogP contribution in [0, 0.1) is 0 Å². The first kappa shape index (κ1) is 21.5. The van der Waals surface area contributed by atoms with E-state index in [1.165, 1.54) is 0 Å². The van der Waals surface area contributed by atoms with Crippen LogP contribution in [0.5, 0.6) is 0 Å². The standard InChI is InChI=1S/C26H25N7O2/c34-14-11-32-18-22(20-3-1-4-21(17-20)33-10-2-7-28-33)24-25(32)23(19-5-8-27-9-6-19)29-26(30-24)31-12-15-35-16-13-31/h1-10,17-18,34H,11-16H2. The van der Waals surface area contributed by atoms with Crippen molar-refractivity contribution in [2.75, 3.05) is 37.8 Å². The monoisotopic (exact) mass is 467 g/mol. The van der Waals surface area contributed by atoms with Gasteiger partial charge in [-0.25, -0.2) is 14.6 Å². The van der Waals surface area contributed by atoms with Crippen LogP contribution in [-0.2, 0) is 11.3 Å². The molecule has 1 aliphatic heterocycles. The van der Waals surface area contributed by atoms with Gasteiger partial charge in [0.2, 0.25) is 5.95 Å². The van der Waals surface area contributed by atoms with E-state index in [1.54, 1.807) is 18.6 Å². The molecule has 0 spiro atoms. The van der Waals surface area contributed by atoms with E-state index in [2.05, 4.69) is 33.3 Å². The van der Waals surface area contributed by atoms with Crippen molar-refractivity contribution in [2.45, 2.75) is 6.54 Å². The fraction of sp³-hybridized carbons (Fsp3) is 0.231. The summed E-state index contributed by atoms with van der Waals surface area (Å²) in [6, 6.07) is 14.1. The molecule has 6 rings (SSSR count). The van der Waals surface area contributed by atoms with Crippen molar-refractivity contribution < 1.29 is 9.84 Å². The zero-order valence-electron chi connectivity index (χ0n) is 19.2. The molecule has 1 saturated heterocycles. The second-order valence-corrected chi connectivity index (χ2v) is 8.37. The molecule has 5 aromatic rings. The maximum atomic E-state index is 9.84. The largest absolute Gasteiger partial charge is 0.395 e. The minimum absolute atomic E-state index is 0.0115. The van der Waals surface area contributed by atoms with E-state index in [0.29, 0.717) is 25.7 Å². The second-order valence-electron chi connectivity index (χ2n) is 8.37. The van der Waals surface area contributed by atoms with Crippen LogP contribution < -0.4 is 4.90 Å². The summed E-state index contributed by atoms with van der Waals surface area (Å²) in [5.41, 5.74) is 6.48. The number of ether oxygens (including phenoxy) is 1. The summed E-state index contributed by atoms with van der Waals surface area (Å²) in [7, 11) is 0. The van der Waals surface area contributed by atoms with Gasteiger partial charge in [-0.2, -0.15) is 5.10 Å². The Morgan fingerprint density at radius 1 is 0.943 bits per heavy atom. The quantitative estimate of drug-likeness (QED) is 0.410. The van der Waals surface area contributed by atoms with Crippen LogP contribution in [0.1, 0.15) is 0 Å². The molecule has 0 saturated carbocycles. The third kappa shape index (κ3) is 4.05. The van der Waals surface area contributed by atoms with Gasteiger partial charge >= 0.3 is 0 Å². The summed E-state index contributed by atoms with van der Waals surface area (Å²) in [6.07, 6.45) is 9.29. The molecule has 1 aromatic carbocycles. The van der Waals surface area contributed by atoms with Crippen LogP contribution in [0.2, 0.25) is 0 Å². The molecule has 9 heteroatoms. The molecule has 9 nitrogen and oxygen atoms in total. The van der Waals surface area contributed by atoms with Crippen molar-refractivity contribution in [3.63, 3.8) is 0 Å². The fourth-order valence-electron chi connectivity index (χ4n) is 4.53. The lowest BCUT2D eigenvalue weighted by Gasteiger charge is -2.27. The summed E-state index contributed by atoms with van der Waals surface area (Å²) in [5.74, 6) is 0.679. The third-order valence-electron chi connectivity index (χ3n) is 6.21. The van der Waals surface area contributed by atoms with Gasteiger partial charge in [-0.05, 0) is 35.9 Å². The van der Waals surface area contributed by atoms with Crippen molar-refractivity contribution in [3.8, 4) is 28.1 Å². The average Bonchev–Trinajstić information content (AvgIpc) is 3.59. The number of aliphatic hydroxyl groups excluding tert-OH is 1. The van der Waals surface area contributed by atoms with E-state index in [4.69, 9.17) is 14.7 Å². The van der Waals surface area contributed by atoms with Gasteiger partial charge < -0.3 is 19.3 Å². The summed E-state index contributed by atoms with van der Waals surface area (Å²) in [6.45, 7) is 3.23. The molecule has 1 fully saturated rings. The van der Waals surface area contributed by atoms with Crippen molar-refractivity contribution in [1.82, 2.24) is 29.3 Å². The first-order chi connectivity index (χ1) is 17.3. The third-order valence-corrected chi connectivity index (χ3v) is 6.21. The first-order valence-corrected chi connectivity index (χ1v) is 11.7. The molecule has 176 valence electrons. The topological polar surface area (TPSA) is 94.1 Å². The Morgan fingerprint density at radius 2 is 1.80 bits per heavy atom. The lowest BCUT2D eigenvalue weighted by molar-refractivity contribution is 0.122. The number of aliphatic hydroxyl groups is 1.